The normalized spacial score (nSPS) is 26.1. The Morgan fingerprint density at radius 3 is 2.31 bits per heavy atom. The number of nitriles is 1. The molecule has 2 unspecified atom stereocenters. The number of carbonyl (C=O) groups is 2. The number of rotatable bonds is 2. The first-order valence-electron chi connectivity index (χ1n) is 5.52. The van der Waals surface area contributed by atoms with Crippen LogP contribution in [-0.4, -0.2) is 29.2 Å². The highest BCUT2D eigenvalue weighted by Gasteiger charge is 2.44. The van der Waals surface area contributed by atoms with Gasteiger partial charge in [-0.25, -0.2) is 0 Å². The van der Waals surface area contributed by atoms with Gasteiger partial charge in [0, 0.05) is 6.54 Å². The molecule has 0 N–H and O–H groups in total. The van der Waals surface area contributed by atoms with Gasteiger partial charge in [0.25, 0.3) is 0 Å². The predicted molar refractivity (Wildman–Crippen MR) is 59.4 cm³/mol. The fraction of sp³-hybridized carbons (Fsp3) is 0.750. The predicted octanol–water partition coefficient (Wildman–Crippen LogP) is 1.36. The molecule has 16 heavy (non-hydrogen) atoms. The molecule has 1 saturated heterocycles. The third-order valence-corrected chi connectivity index (χ3v) is 2.93. The second-order valence-electron chi connectivity index (χ2n) is 5.48. The van der Waals surface area contributed by atoms with Crippen LogP contribution in [0.15, 0.2) is 0 Å². The first-order chi connectivity index (χ1) is 7.28. The molecule has 0 aromatic carbocycles. The standard InChI is InChI=1S/C12H18N2O2/c1-8-10(15)9(7-13)11(16)14(8)6-5-12(2,3)4/h8-9H,5-6H2,1-4H3. The Hall–Kier alpha value is -1.37. The van der Waals surface area contributed by atoms with Gasteiger partial charge in [0.05, 0.1) is 12.1 Å². The van der Waals surface area contributed by atoms with Crippen LogP contribution in [0, 0.1) is 22.7 Å². The van der Waals surface area contributed by atoms with Crippen LogP contribution in [0.3, 0.4) is 0 Å². The van der Waals surface area contributed by atoms with E-state index in [1.54, 1.807) is 13.0 Å². The molecule has 1 heterocycles. The van der Waals surface area contributed by atoms with Crippen LogP contribution in [0.4, 0.5) is 0 Å². The maximum absolute atomic E-state index is 11.8. The van der Waals surface area contributed by atoms with Crippen LogP contribution in [0.1, 0.15) is 34.1 Å². The molecule has 4 heteroatoms. The van der Waals surface area contributed by atoms with Crippen LogP contribution in [0.5, 0.6) is 0 Å². The van der Waals surface area contributed by atoms with Gasteiger partial charge in [0.2, 0.25) is 5.91 Å². The molecular formula is C12H18N2O2. The summed E-state index contributed by atoms with van der Waals surface area (Å²) in [6.07, 6.45) is 0.828. The minimum Gasteiger partial charge on any atom is -0.331 e. The second kappa shape index (κ2) is 4.25. The van der Waals surface area contributed by atoms with Gasteiger partial charge < -0.3 is 4.90 Å². The zero-order chi connectivity index (χ0) is 12.5. The number of ketones is 1. The van der Waals surface area contributed by atoms with E-state index >= 15 is 0 Å². The molecule has 0 bridgehead atoms. The molecule has 1 aliphatic rings. The lowest BCUT2D eigenvalue weighted by Gasteiger charge is -2.25. The van der Waals surface area contributed by atoms with Crippen molar-refractivity contribution in [3.8, 4) is 6.07 Å². The average Bonchev–Trinajstić information content (AvgIpc) is 2.35. The molecule has 0 saturated carbocycles. The van der Waals surface area contributed by atoms with Gasteiger partial charge in [-0.1, -0.05) is 20.8 Å². The summed E-state index contributed by atoms with van der Waals surface area (Å²) in [5.41, 5.74) is 0.119. The van der Waals surface area contributed by atoms with Gasteiger partial charge in [0.15, 0.2) is 11.7 Å². The zero-order valence-electron chi connectivity index (χ0n) is 10.3. The van der Waals surface area contributed by atoms with Crippen molar-refractivity contribution in [1.82, 2.24) is 4.90 Å². The summed E-state index contributed by atoms with van der Waals surface area (Å²) >= 11 is 0. The Labute approximate surface area is 96.2 Å². The zero-order valence-corrected chi connectivity index (χ0v) is 10.3. The van der Waals surface area contributed by atoms with Gasteiger partial charge in [-0.15, -0.1) is 0 Å². The van der Waals surface area contributed by atoms with E-state index in [0.29, 0.717) is 6.54 Å². The molecule has 88 valence electrons. The molecule has 0 aromatic rings. The van der Waals surface area contributed by atoms with Crippen molar-refractivity contribution in [2.75, 3.05) is 6.54 Å². The molecule has 1 aliphatic heterocycles. The third-order valence-electron chi connectivity index (χ3n) is 2.93. The summed E-state index contributed by atoms with van der Waals surface area (Å²) in [7, 11) is 0. The number of hydrogen-bond donors (Lipinski definition) is 0. The van der Waals surface area contributed by atoms with Crippen molar-refractivity contribution in [3.05, 3.63) is 0 Å². The first-order valence-corrected chi connectivity index (χ1v) is 5.52. The Kier molecular flexibility index (Phi) is 3.37. The highest BCUT2D eigenvalue weighted by molar-refractivity contribution is 6.12. The van der Waals surface area contributed by atoms with E-state index in [1.165, 1.54) is 4.90 Å². The van der Waals surface area contributed by atoms with E-state index in [2.05, 4.69) is 20.8 Å². The van der Waals surface area contributed by atoms with Crippen molar-refractivity contribution < 1.29 is 9.59 Å². The quantitative estimate of drug-likeness (QED) is 0.663. The van der Waals surface area contributed by atoms with Crippen molar-refractivity contribution >= 4 is 11.7 Å². The van der Waals surface area contributed by atoms with Gasteiger partial charge in [0.1, 0.15) is 0 Å². The van der Waals surface area contributed by atoms with E-state index in [1.807, 2.05) is 0 Å². The number of hydrogen-bond acceptors (Lipinski definition) is 3. The maximum Gasteiger partial charge on any atom is 0.248 e. The lowest BCUT2D eigenvalue weighted by molar-refractivity contribution is -0.131. The summed E-state index contributed by atoms with van der Waals surface area (Å²) in [6, 6.07) is 1.34. The number of amides is 1. The summed E-state index contributed by atoms with van der Waals surface area (Å²) in [5.74, 6) is -1.67. The van der Waals surface area contributed by atoms with E-state index < -0.39 is 12.0 Å². The highest BCUT2D eigenvalue weighted by atomic mass is 16.2. The summed E-state index contributed by atoms with van der Waals surface area (Å²) in [5, 5.41) is 8.75. The molecule has 4 nitrogen and oxygen atoms in total. The SMILES string of the molecule is CC1C(=O)C(C#N)C(=O)N1CCC(C)(C)C. The van der Waals surface area contributed by atoms with Gasteiger partial charge >= 0.3 is 0 Å². The monoisotopic (exact) mass is 222 g/mol. The minimum atomic E-state index is -1.07. The molecule has 0 aromatic heterocycles. The smallest absolute Gasteiger partial charge is 0.248 e. The maximum atomic E-state index is 11.8. The highest BCUT2D eigenvalue weighted by Crippen LogP contribution is 2.25. The Morgan fingerprint density at radius 1 is 1.38 bits per heavy atom. The lowest BCUT2D eigenvalue weighted by Crippen LogP contribution is -2.35. The van der Waals surface area contributed by atoms with Crippen molar-refractivity contribution in [3.63, 3.8) is 0 Å². The van der Waals surface area contributed by atoms with Crippen LogP contribution in [0.2, 0.25) is 0 Å². The van der Waals surface area contributed by atoms with Crippen molar-refractivity contribution in [2.45, 2.75) is 40.2 Å². The Morgan fingerprint density at radius 2 is 1.94 bits per heavy atom. The van der Waals surface area contributed by atoms with Crippen LogP contribution in [-0.2, 0) is 9.59 Å². The number of Topliss-reactive ketones (excluding diaryl/α,β-unsaturated/α-hetero) is 1. The molecule has 0 radical (unpaired) electrons. The molecular weight excluding hydrogens is 204 g/mol. The van der Waals surface area contributed by atoms with E-state index in [4.69, 9.17) is 5.26 Å². The van der Waals surface area contributed by atoms with Crippen LogP contribution >= 0.6 is 0 Å². The van der Waals surface area contributed by atoms with Crippen LogP contribution in [0.25, 0.3) is 0 Å². The minimum absolute atomic E-state index is 0.119. The lowest BCUT2D eigenvalue weighted by atomic mass is 9.92. The Bertz CT molecular complexity index is 349. The number of likely N-dealkylation sites (tertiary alicyclic amines) is 1. The number of carbonyl (C=O) groups excluding carboxylic acids is 2. The topological polar surface area (TPSA) is 61.2 Å². The second-order valence-corrected chi connectivity index (χ2v) is 5.48. The van der Waals surface area contributed by atoms with Gasteiger partial charge in [-0.3, -0.25) is 9.59 Å². The fourth-order valence-electron chi connectivity index (χ4n) is 1.75. The van der Waals surface area contributed by atoms with Crippen molar-refractivity contribution in [1.29, 1.82) is 5.26 Å². The number of nitrogens with zero attached hydrogens (tertiary/aromatic N) is 2. The van der Waals surface area contributed by atoms with E-state index in [0.717, 1.165) is 6.42 Å². The van der Waals surface area contributed by atoms with E-state index in [9.17, 15) is 9.59 Å². The first kappa shape index (κ1) is 12.7. The molecule has 1 amide bonds. The summed E-state index contributed by atoms with van der Waals surface area (Å²) in [4.78, 5) is 24.9. The van der Waals surface area contributed by atoms with Gasteiger partial charge in [-0.2, -0.15) is 5.26 Å². The molecule has 1 rings (SSSR count). The van der Waals surface area contributed by atoms with E-state index in [-0.39, 0.29) is 17.1 Å². The van der Waals surface area contributed by atoms with Gasteiger partial charge in [-0.05, 0) is 18.8 Å². The fourth-order valence-corrected chi connectivity index (χ4v) is 1.75. The summed E-state index contributed by atoms with van der Waals surface area (Å²) < 4.78 is 0. The average molecular weight is 222 g/mol. The molecule has 1 fully saturated rings. The summed E-state index contributed by atoms with van der Waals surface area (Å²) in [6.45, 7) is 8.50. The largest absolute Gasteiger partial charge is 0.331 e. The third kappa shape index (κ3) is 2.41. The Balaban J connectivity index is 2.73. The molecule has 0 spiro atoms. The molecule has 0 aliphatic carbocycles. The van der Waals surface area contributed by atoms with Crippen molar-refractivity contribution in [2.24, 2.45) is 11.3 Å². The molecule has 2 atom stereocenters. The van der Waals surface area contributed by atoms with Crippen LogP contribution < -0.4 is 0 Å².